The zero-order chi connectivity index (χ0) is 17.5. The molecule has 1 aromatic carbocycles. The first-order valence-electron chi connectivity index (χ1n) is 9.70. The van der Waals surface area contributed by atoms with Crippen LogP contribution in [-0.2, 0) is 0 Å². The molecule has 1 fully saturated rings. The van der Waals surface area contributed by atoms with Gasteiger partial charge in [-0.1, -0.05) is 66.3 Å². The van der Waals surface area contributed by atoms with Crippen LogP contribution in [0.4, 0.5) is 0 Å². The van der Waals surface area contributed by atoms with Gasteiger partial charge in [0.1, 0.15) is 0 Å². The summed E-state index contributed by atoms with van der Waals surface area (Å²) < 4.78 is 0. The summed E-state index contributed by atoms with van der Waals surface area (Å²) in [5.41, 5.74) is 4.29. The molecule has 0 aromatic heterocycles. The lowest BCUT2D eigenvalue weighted by Crippen LogP contribution is -2.46. The molecule has 3 heteroatoms. The van der Waals surface area contributed by atoms with Crippen LogP contribution in [0.2, 0.25) is 0 Å². The molecule has 1 aliphatic heterocycles. The van der Waals surface area contributed by atoms with Crippen LogP contribution in [0.25, 0.3) is 6.08 Å². The smallest absolute Gasteiger partial charge is 0.0193 e. The monoisotopic (exact) mass is 372 g/mol. The van der Waals surface area contributed by atoms with Gasteiger partial charge in [0.25, 0.3) is 0 Å². The Morgan fingerprint density at radius 3 is 2.42 bits per heavy atom. The van der Waals surface area contributed by atoms with E-state index in [4.69, 9.17) is 0 Å². The number of hydrogen-bond donors (Lipinski definition) is 0. The third-order valence-electron chi connectivity index (χ3n) is 5.57. The van der Waals surface area contributed by atoms with Gasteiger partial charge in [-0.2, -0.15) is 0 Å². The van der Waals surface area contributed by atoms with Gasteiger partial charge in [0.2, 0.25) is 0 Å². The van der Waals surface area contributed by atoms with Crippen LogP contribution in [0.5, 0.6) is 0 Å². The zero-order valence-electron chi connectivity index (χ0n) is 16.1. The summed E-state index contributed by atoms with van der Waals surface area (Å²) in [5.74, 6) is 0.719. The molecule has 0 spiro atoms. The molecule has 142 valence electrons. The minimum absolute atomic E-state index is 0. The third-order valence-corrected chi connectivity index (χ3v) is 5.57. The van der Waals surface area contributed by atoms with Gasteiger partial charge >= 0.3 is 0 Å². The minimum atomic E-state index is 0. The first-order chi connectivity index (χ1) is 12.2. The number of halogens is 1. The number of nitrogens with zero attached hydrogens (tertiary/aromatic N) is 2. The van der Waals surface area contributed by atoms with E-state index in [2.05, 4.69) is 71.9 Å². The number of rotatable bonds is 6. The van der Waals surface area contributed by atoms with Gasteiger partial charge < -0.3 is 0 Å². The Labute approximate surface area is 165 Å². The summed E-state index contributed by atoms with van der Waals surface area (Å²) >= 11 is 0. The van der Waals surface area contributed by atoms with Crippen LogP contribution < -0.4 is 0 Å². The van der Waals surface area contributed by atoms with Crippen LogP contribution in [0.1, 0.15) is 31.7 Å². The maximum absolute atomic E-state index is 4.12. The lowest BCUT2D eigenvalue weighted by Gasteiger charge is -2.35. The molecule has 0 N–H and O–H groups in total. The summed E-state index contributed by atoms with van der Waals surface area (Å²) in [6, 6.07) is 10.6. The van der Waals surface area contributed by atoms with Crippen molar-refractivity contribution in [3.8, 4) is 0 Å². The second-order valence-corrected chi connectivity index (χ2v) is 7.57. The molecule has 0 amide bonds. The Hall–Kier alpha value is -1.35. The molecule has 1 aliphatic carbocycles. The number of allylic oxidation sites excluding steroid dienone is 2. The minimum Gasteiger partial charge on any atom is -0.297 e. The quantitative estimate of drug-likeness (QED) is 0.645. The molecule has 2 nitrogen and oxygen atoms in total. The Kier molecular flexibility index (Phi) is 8.64. The van der Waals surface area contributed by atoms with Crippen LogP contribution in [0.15, 0.2) is 60.2 Å². The van der Waals surface area contributed by atoms with Crippen LogP contribution >= 0.6 is 12.4 Å². The molecular formula is C23H33ClN2. The standard InChI is InChI=1S/C23H32N2.ClH/c1-20(2)23-12-10-22(11-13-23)19-25-17-15-24(16-18-25)14-6-9-21-7-4-3-5-8-21;/h3-10,23H,1,11-19H2,2H3;1H/b9-6+;/t23-;/m1./s1. The predicted molar refractivity (Wildman–Crippen MR) is 116 cm³/mol. The lowest BCUT2D eigenvalue weighted by molar-refractivity contribution is 0.150. The molecule has 3 rings (SSSR count). The number of hydrogen-bond acceptors (Lipinski definition) is 2. The van der Waals surface area contributed by atoms with Crippen LogP contribution in [0.3, 0.4) is 0 Å². The average molecular weight is 373 g/mol. The van der Waals surface area contributed by atoms with Gasteiger partial charge in [0.05, 0.1) is 0 Å². The van der Waals surface area contributed by atoms with Crippen LogP contribution in [-0.4, -0.2) is 49.1 Å². The van der Waals surface area contributed by atoms with Crippen molar-refractivity contribution in [3.63, 3.8) is 0 Å². The van der Waals surface area contributed by atoms with Crippen molar-refractivity contribution in [1.82, 2.24) is 9.80 Å². The Morgan fingerprint density at radius 2 is 1.81 bits per heavy atom. The summed E-state index contributed by atoms with van der Waals surface area (Å²) in [6.07, 6.45) is 10.8. The van der Waals surface area contributed by atoms with Gasteiger partial charge in [-0.15, -0.1) is 12.4 Å². The summed E-state index contributed by atoms with van der Waals surface area (Å²) in [4.78, 5) is 5.19. The van der Waals surface area contributed by atoms with E-state index >= 15 is 0 Å². The van der Waals surface area contributed by atoms with Crippen molar-refractivity contribution in [2.45, 2.75) is 26.2 Å². The average Bonchev–Trinajstić information content (AvgIpc) is 2.64. The van der Waals surface area contributed by atoms with Crippen molar-refractivity contribution in [1.29, 1.82) is 0 Å². The van der Waals surface area contributed by atoms with Gasteiger partial charge in [0, 0.05) is 39.3 Å². The first-order valence-corrected chi connectivity index (χ1v) is 9.70. The predicted octanol–water partition coefficient (Wildman–Crippen LogP) is 5.04. The van der Waals surface area contributed by atoms with Crippen LogP contribution in [0, 0.1) is 5.92 Å². The van der Waals surface area contributed by atoms with Gasteiger partial charge in [0.15, 0.2) is 0 Å². The molecule has 0 unspecified atom stereocenters. The highest BCUT2D eigenvalue weighted by molar-refractivity contribution is 5.85. The molecule has 0 radical (unpaired) electrons. The van der Waals surface area contributed by atoms with Crippen molar-refractivity contribution in [2.75, 3.05) is 39.3 Å². The topological polar surface area (TPSA) is 6.48 Å². The molecule has 1 heterocycles. The summed E-state index contributed by atoms with van der Waals surface area (Å²) in [6.45, 7) is 13.3. The van der Waals surface area contributed by atoms with E-state index in [9.17, 15) is 0 Å². The molecule has 0 bridgehead atoms. The van der Waals surface area contributed by atoms with E-state index < -0.39 is 0 Å². The molecule has 2 aliphatic rings. The normalized spacial score (nSPS) is 22.0. The lowest BCUT2D eigenvalue weighted by atomic mass is 9.85. The highest BCUT2D eigenvalue weighted by atomic mass is 35.5. The fourth-order valence-electron chi connectivity index (χ4n) is 3.80. The second-order valence-electron chi connectivity index (χ2n) is 7.57. The van der Waals surface area contributed by atoms with Crippen molar-refractivity contribution in [2.24, 2.45) is 5.92 Å². The molecular weight excluding hydrogens is 340 g/mol. The van der Waals surface area contributed by atoms with E-state index in [1.54, 1.807) is 5.57 Å². The van der Waals surface area contributed by atoms with E-state index in [-0.39, 0.29) is 12.4 Å². The fourth-order valence-corrected chi connectivity index (χ4v) is 3.80. The highest BCUT2D eigenvalue weighted by Crippen LogP contribution is 2.28. The van der Waals surface area contributed by atoms with Gasteiger partial charge in [-0.25, -0.2) is 0 Å². The van der Waals surface area contributed by atoms with E-state index in [0.717, 1.165) is 12.5 Å². The molecule has 26 heavy (non-hydrogen) atoms. The van der Waals surface area contributed by atoms with E-state index in [1.165, 1.54) is 63.1 Å². The molecule has 1 saturated heterocycles. The molecule has 0 saturated carbocycles. The zero-order valence-corrected chi connectivity index (χ0v) is 16.9. The second kappa shape index (κ2) is 10.7. The number of benzene rings is 1. The third kappa shape index (κ3) is 6.42. The van der Waals surface area contributed by atoms with E-state index in [1.807, 2.05) is 0 Å². The maximum atomic E-state index is 4.12. The first kappa shape index (κ1) is 21.0. The van der Waals surface area contributed by atoms with Gasteiger partial charge in [-0.3, -0.25) is 9.80 Å². The summed E-state index contributed by atoms with van der Waals surface area (Å²) in [7, 11) is 0. The van der Waals surface area contributed by atoms with Crippen molar-refractivity contribution in [3.05, 3.63) is 65.8 Å². The largest absolute Gasteiger partial charge is 0.297 e. The number of piperazine rings is 1. The van der Waals surface area contributed by atoms with Gasteiger partial charge in [-0.05, 0) is 37.7 Å². The summed E-state index contributed by atoms with van der Waals surface area (Å²) in [5, 5.41) is 0. The highest BCUT2D eigenvalue weighted by Gasteiger charge is 2.19. The molecule has 1 atom stereocenters. The van der Waals surface area contributed by atoms with E-state index in [0.29, 0.717) is 0 Å². The van der Waals surface area contributed by atoms with Crippen molar-refractivity contribution < 1.29 is 0 Å². The Balaban J connectivity index is 0.00000243. The Morgan fingerprint density at radius 1 is 1.12 bits per heavy atom. The molecule has 1 aromatic rings. The fraction of sp³-hybridized carbons (Fsp3) is 0.478. The van der Waals surface area contributed by atoms with Crippen molar-refractivity contribution >= 4 is 18.5 Å². The SMILES string of the molecule is C=C(C)[C@@H]1CC=C(CN2CCN(C/C=C/c3ccccc3)CC2)CC1.Cl. The Bertz CT molecular complexity index is 612. The maximum Gasteiger partial charge on any atom is 0.0193 e.